The number of hydrogen-bond donors (Lipinski definition) is 0. The van der Waals surface area contributed by atoms with Crippen LogP contribution in [0.5, 0.6) is 0 Å². The molecule has 6 unspecified atom stereocenters. The Labute approximate surface area is 151 Å². The van der Waals surface area contributed by atoms with E-state index < -0.39 is 0 Å². The first-order valence-electron chi connectivity index (χ1n) is 11.7. The van der Waals surface area contributed by atoms with Crippen LogP contribution in [0.15, 0.2) is 0 Å². The topological polar surface area (TPSA) is 0 Å². The van der Waals surface area contributed by atoms with E-state index >= 15 is 0 Å². The van der Waals surface area contributed by atoms with Crippen molar-refractivity contribution in [3.8, 4) is 0 Å². The van der Waals surface area contributed by atoms with E-state index in [4.69, 9.17) is 0 Å². The lowest BCUT2D eigenvalue weighted by molar-refractivity contribution is 0.00180. The first-order chi connectivity index (χ1) is 11.7. The Morgan fingerprint density at radius 3 is 1.67 bits per heavy atom. The molecule has 0 saturated heterocycles. The zero-order chi connectivity index (χ0) is 16.6. The third-order valence-electron chi connectivity index (χ3n) is 9.43. The largest absolute Gasteiger partial charge is 0.0654 e. The zero-order valence-electron chi connectivity index (χ0n) is 16.6. The maximum absolute atomic E-state index is 2.80. The molecular weight excluding hydrogens is 288 g/mol. The average Bonchev–Trinajstić information content (AvgIpc) is 3.24. The number of fused-ring (bicyclic) bond motifs is 2. The number of rotatable bonds is 5. The highest BCUT2D eigenvalue weighted by atomic mass is 14.6. The molecular formula is C24H42. The lowest BCUT2D eigenvalue weighted by atomic mass is 9.56. The van der Waals surface area contributed by atoms with Gasteiger partial charge in [0.25, 0.3) is 0 Å². The fourth-order valence-corrected chi connectivity index (χ4v) is 8.31. The Balaban J connectivity index is 1.57. The van der Waals surface area contributed by atoms with E-state index in [2.05, 4.69) is 13.8 Å². The van der Waals surface area contributed by atoms with E-state index in [0.717, 1.165) is 35.5 Å². The minimum absolute atomic E-state index is 0.684. The molecule has 4 aliphatic rings. The van der Waals surface area contributed by atoms with Gasteiger partial charge in [0, 0.05) is 0 Å². The van der Waals surface area contributed by atoms with Gasteiger partial charge in [-0.1, -0.05) is 65.2 Å². The van der Waals surface area contributed by atoms with Crippen molar-refractivity contribution >= 4 is 0 Å². The molecule has 0 spiro atoms. The predicted octanol–water partition coefficient (Wildman–Crippen LogP) is 7.62. The van der Waals surface area contributed by atoms with E-state index in [1.54, 1.807) is 57.8 Å². The van der Waals surface area contributed by atoms with Crippen LogP contribution in [0, 0.1) is 40.9 Å². The van der Waals surface area contributed by atoms with E-state index in [9.17, 15) is 0 Å². The highest BCUT2D eigenvalue weighted by Gasteiger charge is 2.53. The van der Waals surface area contributed by atoms with Gasteiger partial charge < -0.3 is 0 Å². The van der Waals surface area contributed by atoms with Gasteiger partial charge in [0.2, 0.25) is 0 Å². The molecule has 4 rings (SSSR count). The van der Waals surface area contributed by atoms with Crippen LogP contribution < -0.4 is 0 Å². The summed E-state index contributed by atoms with van der Waals surface area (Å²) in [4.78, 5) is 0. The maximum Gasteiger partial charge on any atom is -0.0264 e. The van der Waals surface area contributed by atoms with Crippen LogP contribution in [-0.4, -0.2) is 0 Å². The second kappa shape index (κ2) is 7.32. The first-order valence-corrected chi connectivity index (χ1v) is 11.7. The Bertz CT molecular complexity index is 378. The second-order valence-corrected chi connectivity index (χ2v) is 10.4. The molecule has 4 aliphatic carbocycles. The lowest BCUT2D eigenvalue weighted by Gasteiger charge is -2.49. The van der Waals surface area contributed by atoms with E-state index in [1.807, 2.05) is 0 Å². The van der Waals surface area contributed by atoms with Crippen molar-refractivity contribution in [1.82, 2.24) is 0 Å². The minimum atomic E-state index is 0.684. The summed E-state index contributed by atoms with van der Waals surface area (Å²) in [6.45, 7) is 5.21. The van der Waals surface area contributed by atoms with Crippen LogP contribution >= 0.6 is 0 Å². The summed E-state index contributed by atoms with van der Waals surface area (Å²) in [5, 5.41) is 0. The van der Waals surface area contributed by atoms with E-state index in [1.165, 1.54) is 38.5 Å². The SMILES string of the molecule is CCCCC(C)(C1CCC2CCCCC21)C1CCC2CCCCC21. The van der Waals surface area contributed by atoms with Crippen molar-refractivity contribution in [2.24, 2.45) is 40.9 Å². The monoisotopic (exact) mass is 330 g/mol. The van der Waals surface area contributed by atoms with Crippen LogP contribution in [0.2, 0.25) is 0 Å². The van der Waals surface area contributed by atoms with Gasteiger partial charge in [-0.2, -0.15) is 0 Å². The molecule has 0 aliphatic heterocycles. The van der Waals surface area contributed by atoms with Crippen LogP contribution in [0.3, 0.4) is 0 Å². The molecule has 4 fully saturated rings. The Hall–Kier alpha value is 0. The zero-order valence-corrected chi connectivity index (χ0v) is 16.6. The van der Waals surface area contributed by atoms with Gasteiger partial charge in [-0.25, -0.2) is 0 Å². The molecule has 0 amide bonds. The van der Waals surface area contributed by atoms with Crippen molar-refractivity contribution in [3.05, 3.63) is 0 Å². The third kappa shape index (κ3) is 2.99. The lowest BCUT2D eigenvalue weighted by Crippen LogP contribution is -2.41. The highest BCUT2D eigenvalue weighted by molar-refractivity contribution is 5.03. The van der Waals surface area contributed by atoms with Crippen molar-refractivity contribution in [1.29, 1.82) is 0 Å². The molecule has 0 N–H and O–H groups in total. The van der Waals surface area contributed by atoms with Gasteiger partial charge >= 0.3 is 0 Å². The molecule has 24 heavy (non-hydrogen) atoms. The molecule has 0 heterocycles. The maximum atomic E-state index is 2.80. The van der Waals surface area contributed by atoms with Gasteiger partial charge in [-0.15, -0.1) is 0 Å². The summed E-state index contributed by atoms with van der Waals surface area (Å²) in [6.07, 6.45) is 23.2. The Kier molecular flexibility index (Phi) is 5.31. The van der Waals surface area contributed by atoms with Gasteiger partial charge in [0.05, 0.1) is 0 Å². The summed E-state index contributed by atoms with van der Waals surface area (Å²) in [7, 11) is 0. The smallest absolute Gasteiger partial charge is 0.0264 e. The van der Waals surface area contributed by atoms with Crippen molar-refractivity contribution in [2.75, 3.05) is 0 Å². The molecule has 0 nitrogen and oxygen atoms in total. The van der Waals surface area contributed by atoms with Gasteiger partial charge in [-0.05, 0) is 85.9 Å². The Morgan fingerprint density at radius 1 is 0.667 bits per heavy atom. The quantitative estimate of drug-likeness (QED) is 0.486. The summed E-state index contributed by atoms with van der Waals surface area (Å²) in [5.74, 6) is 6.63. The minimum Gasteiger partial charge on any atom is -0.0654 e. The van der Waals surface area contributed by atoms with Crippen molar-refractivity contribution in [2.45, 2.75) is 110 Å². The van der Waals surface area contributed by atoms with Crippen LogP contribution in [0.1, 0.15) is 110 Å². The van der Waals surface area contributed by atoms with Gasteiger partial charge in [0.15, 0.2) is 0 Å². The molecule has 0 bridgehead atoms. The molecule has 0 heteroatoms. The summed E-state index contributed by atoms with van der Waals surface area (Å²) < 4.78 is 0. The molecule has 0 aromatic carbocycles. The normalized spacial score (nSPS) is 44.8. The fraction of sp³-hybridized carbons (Fsp3) is 1.00. The van der Waals surface area contributed by atoms with Gasteiger partial charge in [0.1, 0.15) is 0 Å². The molecule has 6 atom stereocenters. The summed E-state index contributed by atoms with van der Waals surface area (Å²) >= 11 is 0. The standard InChI is InChI=1S/C24H42/c1-3-4-17-24(2,22-15-13-18-9-5-7-11-20(18)22)23-16-14-19-10-6-8-12-21(19)23/h18-23H,3-17H2,1-2H3. The second-order valence-electron chi connectivity index (χ2n) is 10.4. The van der Waals surface area contributed by atoms with Crippen LogP contribution in [0.25, 0.3) is 0 Å². The molecule has 4 saturated carbocycles. The first kappa shape index (κ1) is 17.4. The van der Waals surface area contributed by atoms with Crippen LogP contribution in [0.4, 0.5) is 0 Å². The third-order valence-corrected chi connectivity index (χ3v) is 9.43. The molecule has 0 radical (unpaired) electrons. The summed E-state index contributed by atoms with van der Waals surface area (Å²) in [5.41, 5.74) is 0.684. The van der Waals surface area contributed by atoms with Crippen molar-refractivity contribution in [3.63, 3.8) is 0 Å². The molecule has 138 valence electrons. The number of unbranched alkanes of at least 4 members (excludes halogenated alkanes) is 1. The Morgan fingerprint density at radius 2 is 1.17 bits per heavy atom. The van der Waals surface area contributed by atoms with E-state index in [-0.39, 0.29) is 0 Å². The van der Waals surface area contributed by atoms with E-state index in [0.29, 0.717) is 5.41 Å². The number of hydrogen-bond acceptors (Lipinski definition) is 0. The van der Waals surface area contributed by atoms with Crippen LogP contribution in [-0.2, 0) is 0 Å². The van der Waals surface area contributed by atoms with Gasteiger partial charge in [-0.3, -0.25) is 0 Å². The van der Waals surface area contributed by atoms with Crippen molar-refractivity contribution < 1.29 is 0 Å². The average molecular weight is 331 g/mol. The highest BCUT2D eigenvalue weighted by Crippen LogP contribution is 2.62. The molecule has 0 aromatic heterocycles. The predicted molar refractivity (Wildman–Crippen MR) is 104 cm³/mol. The molecule has 0 aromatic rings. The summed E-state index contributed by atoms with van der Waals surface area (Å²) in [6, 6.07) is 0. The fourth-order valence-electron chi connectivity index (χ4n) is 8.31.